The maximum atomic E-state index is 11.0. The number of aromatic nitrogens is 2. The molecule has 1 rings (SSSR count). The Bertz CT molecular complexity index is 416. The Balaban J connectivity index is 2.74. The van der Waals surface area contributed by atoms with Crippen LogP contribution in [0.1, 0.15) is 0 Å². The fourth-order valence-corrected chi connectivity index (χ4v) is 1.47. The molecular weight excluding hydrogens is 210 g/mol. The molecule has 14 heavy (non-hydrogen) atoms. The van der Waals surface area contributed by atoms with E-state index in [0.717, 1.165) is 0 Å². The number of carbonyl (C=O) groups is 1. The molecule has 0 bridgehead atoms. The van der Waals surface area contributed by atoms with E-state index in [-0.39, 0.29) is 5.95 Å². The second-order valence-electron chi connectivity index (χ2n) is 2.33. The van der Waals surface area contributed by atoms with Crippen LogP contribution in [0.5, 0.6) is 0 Å². The molecule has 0 aromatic carbocycles. The third-order valence-corrected chi connectivity index (χ3v) is 2.25. The Labute approximate surface area is 79.9 Å². The molecular formula is C6H7N3O4S. The van der Waals surface area contributed by atoms with Gasteiger partial charge in [0.15, 0.2) is 5.75 Å². The molecule has 8 heteroatoms. The molecule has 1 aromatic heterocycles. The van der Waals surface area contributed by atoms with Crippen LogP contribution < -0.4 is 4.72 Å². The van der Waals surface area contributed by atoms with Gasteiger partial charge in [-0.05, 0) is 6.07 Å². The van der Waals surface area contributed by atoms with Gasteiger partial charge >= 0.3 is 5.97 Å². The molecule has 0 saturated carbocycles. The Morgan fingerprint density at radius 2 is 2.00 bits per heavy atom. The first-order chi connectivity index (χ1) is 6.49. The monoisotopic (exact) mass is 217 g/mol. The third-order valence-electron chi connectivity index (χ3n) is 1.13. The van der Waals surface area contributed by atoms with Crippen molar-refractivity contribution in [2.75, 3.05) is 10.5 Å². The van der Waals surface area contributed by atoms with Crippen LogP contribution in [0.15, 0.2) is 18.5 Å². The topological polar surface area (TPSA) is 109 Å². The van der Waals surface area contributed by atoms with Crippen molar-refractivity contribution in [3.05, 3.63) is 18.5 Å². The van der Waals surface area contributed by atoms with Gasteiger partial charge in [-0.3, -0.25) is 9.52 Å². The van der Waals surface area contributed by atoms with Crippen LogP contribution in [0.2, 0.25) is 0 Å². The Kier molecular flexibility index (Phi) is 2.97. The van der Waals surface area contributed by atoms with Crippen molar-refractivity contribution >= 4 is 21.9 Å². The van der Waals surface area contributed by atoms with Gasteiger partial charge in [-0.15, -0.1) is 0 Å². The van der Waals surface area contributed by atoms with Crippen molar-refractivity contribution in [2.45, 2.75) is 0 Å². The quantitative estimate of drug-likeness (QED) is 0.690. The van der Waals surface area contributed by atoms with E-state index >= 15 is 0 Å². The SMILES string of the molecule is O=C(O)CS(=O)(=O)Nc1ncccn1. The zero-order valence-electron chi connectivity index (χ0n) is 6.91. The van der Waals surface area contributed by atoms with Crippen molar-refractivity contribution in [1.82, 2.24) is 9.97 Å². The van der Waals surface area contributed by atoms with E-state index in [1.165, 1.54) is 18.5 Å². The molecule has 0 saturated heterocycles. The zero-order valence-corrected chi connectivity index (χ0v) is 7.73. The Morgan fingerprint density at radius 1 is 1.43 bits per heavy atom. The number of carboxylic acids is 1. The number of hydrogen-bond acceptors (Lipinski definition) is 5. The number of nitrogens with zero attached hydrogens (tertiary/aromatic N) is 2. The minimum Gasteiger partial charge on any atom is -0.480 e. The van der Waals surface area contributed by atoms with Gasteiger partial charge in [0.05, 0.1) is 0 Å². The average molecular weight is 217 g/mol. The van der Waals surface area contributed by atoms with Crippen molar-refractivity contribution in [1.29, 1.82) is 0 Å². The van der Waals surface area contributed by atoms with E-state index in [9.17, 15) is 13.2 Å². The van der Waals surface area contributed by atoms with E-state index in [1.54, 1.807) is 0 Å². The summed E-state index contributed by atoms with van der Waals surface area (Å²) in [6, 6.07) is 1.51. The summed E-state index contributed by atoms with van der Waals surface area (Å²) in [5.74, 6) is -2.59. The lowest BCUT2D eigenvalue weighted by Gasteiger charge is -2.02. The van der Waals surface area contributed by atoms with Gasteiger partial charge < -0.3 is 5.11 Å². The molecule has 1 heterocycles. The smallest absolute Gasteiger partial charge is 0.320 e. The van der Waals surface area contributed by atoms with Gasteiger partial charge in [0.2, 0.25) is 16.0 Å². The van der Waals surface area contributed by atoms with Crippen LogP contribution in [0.4, 0.5) is 5.95 Å². The maximum Gasteiger partial charge on any atom is 0.320 e. The predicted octanol–water partition coefficient (Wildman–Crippen LogP) is -0.697. The third kappa shape index (κ3) is 3.35. The number of hydrogen-bond donors (Lipinski definition) is 2. The van der Waals surface area contributed by atoms with E-state index in [0.29, 0.717) is 0 Å². The summed E-state index contributed by atoms with van der Waals surface area (Å²) in [7, 11) is -3.91. The molecule has 1 aromatic rings. The molecule has 2 N–H and O–H groups in total. The fraction of sp³-hybridized carbons (Fsp3) is 0.167. The molecule has 7 nitrogen and oxygen atoms in total. The Hall–Kier alpha value is -1.70. The zero-order chi connectivity index (χ0) is 10.6. The molecule has 0 radical (unpaired) electrons. The molecule has 0 aliphatic carbocycles. The predicted molar refractivity (Wildman–Crippen MR) is 47.1 cm³/mol. The van der Waals surface area contributed by atoms with E-state index < -0.39 is 21.7 Å². The van der Waals surface area contributed by atoms with Gasteiger partial charge in [-0.25, -0.2) is 18.4 Å². The first kappa shape index (κ1) is 10.4. The molecule has 0 unspecified atom stereocenters. The number of rotatable bonds is 4. The molecule has 0 atom stereocenters. The summed E-state index contributed by atoms with van der Waals surface area (Å²) in [6.07, 6.45) is 2.68. The summed E-state index contributed by atoms with van der Waals surface area (Å²) in [5, 5.41) is 8.27. The highest BCUT2D eigenvalue weighted by Crippen LogP contribution is 1.98. The van der Waals surface area contributed by atoms with Gasteiger partial charge in [0.1, 0.15) is 0 Å². The second kappa shape index (κ2) is 4.01. The van der Waals surface area contributed by atoms with Crippen LogP contribution in [0.25, 0.3) is 0 Å². The van der Waals surface area contributed by atoms with Gasteiger partial charge in [0, 0.05) is 12.4 Å². The van der Waals surface area contributed by atoms with Crippen LogP contribution >= 0.6 is 0 Å². The number of anilines is 1. The van der Waals surface area contributed by atoms with Gasteiger partial charge in [-0.2, -0.15) is 0 Å². The largest absolute Gasteiger partial charge is 0.480 e. The van der Waals surface area contributed by atoms with Crippen molar-refractivity contribution in [3.8, 4) is 0 Å². The Morgan fingerprint density at radius 3 is 2.50 bits per heavy atom. The minimum atomic E-state index is -3.91. The lowest BCUT2D eigenvalue weighted by atomic mass is 10.7. The highest BCUT2D eigenvalue weighted by Gasteiger charge is 2.16. The van der Waals surface area contributed by atoms with Crippen LogP contribution in [0.3, 0.4) is 0 Å². The standard InChI is InChI=1S/C6H7N3O4S/c10-5(11)4-14(12,13)9-6-7-2-1-3-8-6/h1-3H,4H2,(H,10,11)(H,7,8,9). The first-order valence-corrected chi connectivity index (χ1v) is 5.14. The lowest BCUT2D eigenvalue weighted by molar-refractivity contribution is -0.134. The van der Waals surface area contributed by atoms with E-state index in [2.05, 4.69) is 9.97 Å². The molecule has 0 spiro atoms. The second-order valence-corrected chi connectivity index (χ2v) is 4.05. The average Bonchev–Trinajstić information content (AvgIpc) is 2.02. The number of carboxylic acid groups (broad SMARTS) is 1. The number of sulfonamides is 1. The van der Waals surface area contributed by atoms with Crippen LogP contribution in [-0.4, -0.2) is 35.2 Å². The first-order valence-electron chi connectivity index (χ1n) is 3.49. The molecule has 76 valence electrons. The van der Waals surface area contributed by atoms with Gasteiger partial charge in [-0.1, -0.05) is 0 Å². The van der Waals surface area contributed by atoms with Crippen molar-refractivity contribution < 1.29 is 18.3 Å². The highest BCUT2D eigenvalue weighted by molar-refractivity contribution is 7.93. The van der Waals surface area contributed by atoms with Crippen molar-refractivity contribution in [2.24, 2.45) is 0 Å². The maximum absolute atomic E-state index is 11.0. The summed E-state index contributed by atoms with van der Waals surface area (Å²) in [6.45, 7) is 0. The molecule has 0 amide bonds. The number of aliphatic carboxylic acids is 1. The van der Waals surface area contributed by atoms with Gasteiger partial charge in [0.25, 0.3) is 0 Å². The summed E-state index contributed by atoms with van der Waals surface area (Å²) >= 11 is 0. The van der Waals surface area contributed by atoms with E-state index in [1.807, 2.05) is 4.72 Å². The highest BCUT2D eigenvalue weighted by atomic mass is 32.2. The number of nitrogens with one attached hydrogen (secondary N) is 1. The fourth-order valence-electron chi connectivity index (χ4n) is 0.690. The summed E-state index contributed by atoms with van der Waals surface area (Å²) in [5.41, 5.74) is 0. The van der Waals surface area contributed by atoms with Crippen molar-refractivity contribution in [3.63, 3.8) is 0 Å². The summed E-state index contributed by atoms with van der Waals surface area (Å²) < 4.78 is 24.0. The van der Waals surface area contributed by atoms with Crippen LogP contribution in [-0.2, 0) is 14.8 Å². The summed E-state index contributed by atoms with van der Waals surface area (Å²) in [4.78, 5) is 17.3. The van der Waals surface area contributed by atoms with E-state index in [4.69, 9.17) is 5.11 Å². The molecule has 0 aliphatic rings. The lowest BCUT2D eigenvalue weighted by Crippen LogP contribution is -2.23. The molecule has 0 aliphatic heterocycles. The minimum absolute atomic E-state index is 0.145. The normalized spacial score (nSPS) is 10.9. The van der Waals surface area contributed by atoms with Crippen LogP contribution in [0, 0.1) is 0 Å². The molecule has 0 fully saturated rings.